The number of hydrogen-bond donors (Lipinski definition) is 2. The van der Waals surface area contributed by atoms with E-state index in [2.05, 4.69) is 10.6 Å². The molecule has 1 aromatic rings. The summed E-state index contributed by atoms with van der Waals surface area (Å²) in [4.78, 5) is 39.6. The van der Waals surface area contributed by atoms with Gasteiger partial charge < -0.3 is 10.6 Å². The Morgan fingerprint density at radius 2 is 2.12 bits per heavy atom. The van der Waals surface area contributed by atoms with Crippen molar-refractivity contribution in [2.75, 3.05) is 6.54 Å². The highest BCUT2D eigenvalue weighted by atomic mass is 32.1. The molecule has 2 aliphatic rings. The van der Waals surface area contributed by atoms with Gasteiger partial charge in [-0.05, 0) is 44.1 Å². The van der Waals surface area contributed by atoms with Crippen LogP contribution in [0.4, 0.5) is 4.79 Å². The SMILES string of the molecule is C[C@@H](NC(=O)CN1C(=O)N[C@@](C)(C2CCCCC2)C1=O)c1cccs1. The van der Waals surface area contributed by atoms with E-state index in [1.165, 1.54) is 6.42 Å². The summed E-state index contributed by atoms with van der Waals surface area (Å²) in [5.74, 6) is -0.448. The molecule has 1 aliphatic heterocycles. The highest BCUT2D eigenvalue weighted by Crippen LogP contribution is 2.36. The molecular formula is C18H25N3O3S. The van der Waals surface area contributed by atoms with Gasteiger partial charge in [0.2, 0.25) is 5.91 Å². The van der Waals surface area contributed by atoms with Crippen molar-refractivity contribution in [3.8, 4) is 0 Å². The van der Waals surface area contributed by atoms with Crippen LogP contribution in [-0.2, 0) is 9.59 Å². The third kappa shape index (κ3) is 3.56. The largest absolute Gasteiger partial charge is 0.347 e. The van der Waals surface area contributed by atoms with E-state index < -0.39 is 11.6 Å². The lowest BCUT2D eigenvalue weighted by molar-refractivity contribution is -0.136. The van der Waals surface area contributed by atoms with Crippen LogP contribution in [-0.4, -0.2) is 34.8 Å². The molecule has 2 N–H and O–H groups in total. The van der Waals surface area contributed by atoms with Gasteiger partial charge in [0.15, 0.2) is 0 Å². The first kappa shape index (κ1) is 17.9. The number of nitrogens with one attached hydrogen (secondary N) is 2. The summed E-state index contributed by atoms with van der Waals surface area (Å²) in [5, 5.41) is 7.65. The predicted octanol–water partition coefficient (Wildman–Crippen LogP) is 2.82. The Kier molecular flexibility index (Phi) is 5.13. The number of urea groups is 1. The molecule has 4 amide bonds. The zero-order chi connectivity index (χ0) is 18.0. The van der Waals surface area contributed by atoms with Crippen molar-refractivity contribution in [2.24, 2.45) is 5.92 Å². The molecule has 0 radical (unpaired) electrons. The van der Waals surface area contributed by atoms with Gasteiger partial charge >= 0.3 is 6.03 Å². The Hall–Kier alpha value is -1.89. The number of carbonyl (C=O) groups excluding carboxylic acids is 3. The second-order valence-electron chi connectivity index (χ2n) is 7.16. The molecule has 0 unspecified atom stereocenters. The topological polar surface area (TPSA) is 78.5 Å². The standard InChI is InChI=1S/C18H25N3O3S/c1-12(14-9-6-10-25-14)19-15(22)11-21-16(23)18(2,20-17(21)24)13-7-4-3-5-8-13/h6,9-10,12-13H,3-5,7-8,11H2,1-2H3,(H,19,22)(H,20,24)/t12-,18+/m1/s1. The molecule has 0 bridgehead atoms. The molecule has 2 heterocycles. The molecule has 136 valence electrons. The van der Waals surface area contributed by atoms with Gasteiger partial charge in [-0.3, -0.25) is 14.5 Å². The van der Waals surface area contributed by atoms with E-state index in [0.29, 0.717) is 0 Å². The molecule has 3 rings (SSSR count). The molecule has 1 saturated heterocycles. The van der Waals surface area contributed by atoms with Crippen LogP contribution < -0.4 is 10.6 Å². The molecule has 0 spiro atoms. The Bertz CT molecular complexity index is 655. The van der Waals surface area contributed by atoms with Gasteiger partial charge in [-0.15, -0.1) is 11.3 Å². The maximum absolute atomic E-state index is 12.9. The Morgan fingerprint density at radius 1 is 1.40 bits per heavy atom. The second kappa shape index (κ2) is 7.15. The molecule has 2 fully saturated rings. The van der Waals surface area contributed by atoms with Gasteiger partial charge in [-0.1, -0.05) is 25.3 Å². The molecule has 6 nitrogen and oxygen atoms in total. The lowest BCUT2D eigenvalue weighted by Gasteiger charge is -2.34. The van der Waals surface area contributed by atoms with E-state index in [4.69, 9.17) is 0 Å². The molecule has 25 heavy (non-hydrogen) atoms. The predicted molar refractivity (Wildman–Crippen MR) is 96.1 cm³/mol. The van der Waals surface area contributed by atoms with Crippen LogP contribution >= 0.6 is 11.3 Å². The molecule has 7 heteroatoms. The number of carbonyl (C=O) groups is 3. The van der Waals surface area contributed by atoms with Crippen molar-refractivity contribution in [1.29, 1.82) is 0 Å². The third-order valence-corrected chi connectivity index (χ3v) is 6.43. The number of rotatable bonds is 5. The van der Waals surface area contributed by atoms with E-state index >= 15 is 0 Å². The van der Waals surface area contributed by atoms with Crippen molar-refractivity contribution in [3.63, 3.8) is 0 Å². The van der Waals surface area contributed by atoms with Gasteiger partial charge in [-0.25, -0.2) is 4.79 Å². The van der Waals surface area contributed by atoms with E-state index in [1.807, 2.05) is 24.4 Å². The van der Waals surface area contributed by atoms with Gasteiger partial charge in [0, 0.05) is 4.88 Å². The van der Waals surface area contributed by atoms with Crippen molar-refractivity contribution in [1.82, 2.24) is 15.5 Å². The molecule has 2 atom stereocenters. The monoisotopic (exact) mass is 363 g/mol. The van der Waals surface area contributed by atoms with Crippen LogP contribution in [0.2, 0.25) is 0 Å². The molecule has 1 aliphatic carbocycles. The van der Waals surface area contributed by atoms with Crippen LogP contribution in [0.3, 0.4) is 0 Å². The van der Waals surface area contributed by atoms with Gasteiger partial charge in [0.1, 0.15) is 12.1 Å². The minimum Gasteiger partial charge on any atom is -0.347 e. The van der Waals surface area contributed by atoms with Crippen LogP contribution in [0.15, 0.2) is 17.5 Å². The van der Waals surface area contributed by atoms with Crippen molar-refractivity contribution in [3.05, 3.63) is 22.4 Å². The lowest BCUT2D eigenvalue weighted by atomic mass is 9.75. The zero-order valence-corrected chi connectivity index (χ0v) is 15.5. The van der Waals surface area contributed by atoms with E-state index in [1.54, 1.807) is 18.3 Å². The number of thiophene rings is 1. The fourth-order valence-corrected chi connectivity index (χ4v) is 4.59. The number of imide groups is 1. The van der Waals surface area contributed by atoms with Crippen LogP contribution in [0, 0.1) is 5.92 Å². The van der Waals surface area contributed by atoms with Crippen LogP contribution in [0.1, 0.15) is 56.9 Å². The first-order chi connectivity index (χ1) is 11.9. The lowest BCUT2D eigenvalue weighted by Crippen LogP contribution is -2.51. The van der Waals surface area contributed by atoms with Crippen molar-refractivity contribution in [2.45, 2.75) is 57.5 Å². The average Bonchev–Trinajstić information content (AvgIpc) is 3.20. The molecule has 1 saturated carbocycles. The summed E-state index contributed by atoms with van der Waals surface area (Å²) in [6, 6.07) is 3.27. The summed E-state index contributed by atoms with van der Waals surface area (Å²) in [7, 11) is 0. The van der Waals surface area contributed by atoms with E-state index in [0.717, 1.165) is 35.5 Å². The fourth-order valence-electron chi connectivity index (χ4n) is 3.86. The Morgan fingerprint density at radius 3 is 2.76 bits per heavy atom. The maximum atomic E-state index is 12.9. The van der Waals surface area contributed by atoms with E-state index in [-0.39, 0.29) is 30.3 Å². The second-order valence-corrected chi connectivity index (χ2v) is 8.14. The van der Waals surface area contributed by atoms with Gasteiger partial charge in [-0.2, -0.15) is 0 Å². The van der Waals surface area contributed by atoms with Crippen LogP contribution in [0.5, 0.6) is 0 Å². The highest BCUT2D eigenvalue weighted by Gasteiger charge is 2.52. The average molecular weight is 363 g/mol. The molecule has 1 aromatic heterocycles. The summed E-state index contributed by atoms with van der Waals surface area (Å²) in [5.41, 5.74) is -0.878. The summed E-state index contributed by atoms with van der Waals surface area (Å²) >= 11 is 1.56. The quantitative estimate of drug-likeness (QED) is 0.790. The summed E-state index contributed by atoms with van der Waals surface area (Å²) < 4.78 is 0. The third-order valence-electron chi connectivity index (χ3n) is 5.37. The van der Waals surface area contributed by atoms with Crippen LogP contribution in [0.25, 0.3) is 0 Å². The Balaban J connectivity index is 1.63. The highest BCUT2D eigenvalue weighted by molar-refractivity contribution is 7.10. The van der Waals surface area contributed by atoms with Gasteiger partial charge in [0.25, 0.3) is 5.91 Å². The van der Waals surface area contributed by atoms with Crippen molar-refractivity contribution < 1.29 is 14.4 Å². The Labute approximate surface area is 152 Å². The zero-order valence-electron chi connectivity index (χ0n) is 14.7. The molecule has 0 aromatic carbocycles. The van der Waals surface area contributed by atoms with Gasteiger partial charge in [0.05, 0.1) is 6.04 Å². The normalized spacial score (nSPS) is 25.8. The van der Waals surface area contributed by atoms with E-state index in [9.17, 15) is 14.4 Å². The minimum atomic E-state index is -0.878. The summed E-state index contributed by atoms with van der Waals surface area (Å²) in [6.45, 7) is 3.46. The molecular weight excluding hydrogens is 338 g/mol. The van der Waals surface area contributed by atoms with Crippen molar-refractivity contribution >= 4 is 29.2 Å². The summed E-state index contributed by atoms with van der Waals surface area (Å²) in [6.07, 6.45) is 5.24. The maximum Gasteiger partial charge on any atom is 0.325 e. The number of hydrogen-bond acceptors (Lipinski definition) is 4. The number of nitrogens with zero attached hydrogens (tertiary/aromatic N) is 1. The number of amides is 4. The first-order valence-corrected chi connectivity index (χ1v) is 9.76. The minimum absolute atomic E-state index is 0.141. The smallest absolute Gasteiger partial charge is 0.325 e. The first-order valence-electron chi connectivity index (χ1n) is 8.88. The fraction of sp³-hybridized carbons (Fsp3) is 0.611.